The summed E-state index contributed by atoms with van der Waals surface area (Å²) in [5.74, 6) is -0.0620. The van der Waals surface area contributed by atoms with E-state index in [1.165, 1.54) is 11.1 Å². The van der Waals surface area contributed by atoms with E-state index in [4.69, 9.17) is 0 Å². The highest BCUT2D eigenvalue weighted by Gasteiger charge is 2.10. The van der Waals surface area contributed by atoms with Crippen molar-refractivity contribution in [1.29, 1.82) is 0 Å². The van der Waals surface area contributed by atoms with E-state index in [1.54, 1.807) is 6.08 Å². The zero-order valence-corrected chi connectivity index (χ0v) is 13.5. The highest BCUT2D eigenvalue weighted by molar-refractivity contribution is 5.92. The maximum Gasteiger partial charge on any atom is 0.244 e. The van der Waals surface area contributed by atoms with Gasteiger partial charge in [-0.25, -0.2) is 0 Å². The van der Waals surface area contributed by atoms with Gasteiger partial charge in [-0.3, -0.25) is 4.79 Å². The van der Waals surface area contributed by atoms with Gasteiger partial charge in [0.2, 0.25) is 5.91 Å². The van der Waals surface area contributed by atoms with Crippen LogP contribution in [0.1, 0.15) is 41.6 Å². The van der Waals surface area contributed by atoms with E-state index in [-0.39, 0.29) is 11.9 Å². The summed E-state index contributed by atoms with van der Waals surface area (Å²) in [5.41, 5.74) is 4.62. The highest BCUT2D eigenvalue weighted by Crippen LogP contribution is 2.17. The van der Waals surface area contributed by atoms with Crippen molar-refractivity contribution in [2.24, 2.45) is 0 Å². The molecule has 2 heteroatoms. The number of aryl methyl sites for hydroxylation is 2. The molecule has 0 saturated heterocycles. The minimum Gasteiger partial charge on any atom is -0.346 e. The summed E-state index contributed by atoms with van der Waals surface area (Å²) in [5, 5.41) is 3.06. The van der Waals surface area contributed by atoms with Crippen molar-refractivity contribution in [2.75, 3.05) is 0 Å². The highest BCUT2D eigenvalue weighted by atomic mass is 16.1. The summed E-state index contributed by atoms with van der Waals surface area (Å²) in [4.78, 5) is 12.1. The van der Waals surface area contributed by atoms with E-state index in [9.17, 15) is 4.79 Å². The molecule has 0 aliphatic carbocycles. The molecule has 0 radical (unpaired) electrons. The van der Waals surface area contributed by atoms with Crippen LogP contribution in [0.15, 0.2) is 54.6 Å². The molecule has 22 heavy (non-hydrogen) atoms. The van der Waals surface area contributed by atoms with E-state index in [2.05, 4.69) is 43.4 Å². The number of hydrogen-bond donors (Lipinski definition) is 1. The van der Waals surface area contributed by atoms with Crippen LogP contribution in [0.4, 0.5) is 0 Å². The molecule has 0 bridgehead atoms. The lowest BCUT2D eigenvalue weighted by Gasteiger charge is -2.16. The minimum atomic E-state index is -0.0620. The van der Waals surface area contributed by atoms with Gasteiger partial charge in [0.15, 0.2) is 0 Å². The fraction of sp³-hybridized carbons (Fsp3) is 0.250. The third-order valence-corrected chi connectivity index (χ3v) is 3.71. The quantitative estimate of drug-likeness (QED) is 0.803. The zero-order chi connectivity index (χ0) is 15.9. The Morgan fingerprint density at radius 3 is 2.09 bits per heavy atom. The van der Waals surface area contributed by atoms with Gasteiger partial charge in [-0.2, -0.15) is 0 Å². The summed E-state index contributed by atoms with van der Waals surface area (Å²) in [6, 6.07) is 16.5. The van der Waals surface area contributed by atoms with Gasteiger partial charge in [0.25, 0.3) is 0 Å². The van der Waals surface area contributed by atoms with Crippen molar-refractivity contribution >= 4 is 12.0 Å². The van der Waals surface area contributed by atoms with Crippen LogP contribution < -0.4 is 5.32 Å². The number of rotatable bonds is 5. The van der Waals surface area contributed by atoms with Gasteiger partial charge in [-0.05, 0) is 37.5 Å². The number of benzene rings is 2. The van der Waals surface area contributed by atoms with Gasteiger partial charge < -0.3 is 5.32 Å². The molecule has 1 N–H and O–H groups in total. The number of nitrogens with one attached hydrogen (secondary N) is 1. The molecule has 0 saturated carbocycles. The van der Waals surface area contributed by atoms with Crippen LogP contribution in [0.25, 0.3) is 6.08 Å². The predicted molar refractivity (Wildman–Crippen MR) is 92.6 cm³/mol. The molecule has 2 nitrogen and oxygen atoms in total. The molecule has 0 heterocycles. The average molecular weight is 293 g/mol. The molecule has 0 aromatic heterocycles. The summed E-state index contributed by atoms with van der Waals surface area (Å²) in [6.07, 6.45) is 4.31. The lowest BCUT2D eigenvalue weighted by atomic mass is 10.0. The van der Waals surface area contributed by atoms with Crippen molar-refractivity contribution in [3.63, 3.8) is 0 Å². The van der Waals surface area contributed by atoms with Crippen LogP contribution in [0, 0.1) is 13.8 Å². The fourth-order valence-corrected chi connectivity index (χ4v) is 2.29. The van der Waals surface area contributed by atoms with E-state index >= 15 is 0 Å². The van der Waals surface area contributed by atoms with E-state index in [0.29, 0.717) is 0 Å². The Morgan fingerprint density at radius 1 is 1.00 bits per heavy atom. The van der Waals surface area contributed by atoms with E-state index < -0.39 is 0 Å². The molecule has 0 spiro atoms. The summed E-state index contributed by atoms with van der Waals surface area (Å²) in [7, 11) is 0. The second-order valence-corrected chi connectivity index (χ2v) is 5.62. The van der Waals surface area contributed by atoms with Crippen LogP contribution in [-0.4, -0.2) is 5.91 Å². The molecule has 0 fully saturated rings. The lowest BCUT2D eigenvalue weighted by Crippen LogP contribution is -2.26. The first-order valence-corrected chi connectivity index (χ1v) is 7.70. The molecule has 1 unspecified atom stereocenters. The largest absolute Gasteiger partial charge is 0.346 e. The van der Waals surface area contributed by atoms with Crippen molar-refractivity contribution < 1.29 is 4.79 Å². The second-order valence-electron chi connectivity index (χ2n) is 5.62. The van der Waals surface area contributed by atoms with Gasteiger partial charge in [0.1, 0.15) is 0 Å². The number of carbonyl (C=O) groups is 1. The average Bonchev–Trinajstić information content (AvgIpc) is 2.53. The SMILES string of the molecule is CCC(NC(=O)/C=C/c1ccc(C)cc1)c1ccc(C)cc1. The maximum atomic E-state index is 12.1. The Bertz CT molecular complexity index is 638. The van der Waals surface area contributed by atoms with Crippen molar-refractivity contribution in [1.82, 2.24) is 5.32 Å². The maximum absolute atomic E-state index is 12.1. The monoisotopic (exact) mass is 293 g/mol. The normalized spacial score (nSPS) is 12.3. The molecule has 2 aromatic rings. The molecular formula is C20H23NO. The van der Waals surface area contributed by atoms with Crippen LogP contribution >= 0.6 is 0 Å². The third-order valence-electron chi connectivity index (χ3n) is 3.71. The van der Waals surface area contributed by atoms with Gasteiger partial charge in [0, 0.05) is 6.08 Å². The number of carbonyl (C=O) groups excluding carboxylic acids is 1. The Morgan fingerprint density at radius 2 is 1.55 bits per heavy atom. The van der Waals surface area contributed by atoms with Gasteiger partial charge in [-0.1, -0.05) is 66.6 Å². The van der Waals surface area contributed by atoms with E-state index in [0.717, 1.165) is 17.5 Å². The first-order valence-electron chi connectivity index (χ1n) is 7.70. The van der Waals surface area contributed by atoms with Crippen molar-refractivity contribution in [3.05, 3.63) is 76.9 Å². The zero-order valence-electron chi connectivity index (χ0n) is 13.5. The van der Waals surface area contributed by atoms with Crippen LogP contribution in [-0.2, 0) is 4.79 Å². The Kier molecular flexibility index (Phi) is 5.54. The standard InChI is InChI=1S/C20H23NO/c1-4-19(18-12-7-16(3)8-13-18)21-20(22)14-11-17-9-5-15(2)6-10-17/h5-14,19H,4H2,1-3H3,(H,21,22)/b14-11+. The topological polar surface area (TPSA) is 29.1 Å². The van der Waals surface area contributed by atoms with E-state index in [1.807, 2.05) is 37.3 Å². The molecule has 2 rings (SSSR count). The smallest absolute Gasteiger partial charge is 0.244 e. The lowest BCUT2D eigenvalue weighted by molar-refractivity contribution is -0.117. The molecule has 0 aliphatic rings. The van der Waals surface area contributed by atoms with Crippen LogP contribution in [0.5, 0.6) is 0 Å². The van der Waals surface area contributed by atoms with Crippen molar-refractivity contribution in [3.8, 4) is 0 Å². The molecule has 1 atom stereocenters. The minimum absolute atomic E-state index is 0.0516. The predicted octanol–water partition coefficient (Wildman–Crippen LogP) is 4.58. The summed E-state index contributed by atoms with van der Waals surface area (Å²) in [6.45, 7) is 6.19. The first kappa shape index (κ1) is 16.0. The van der Waals surface area contributed by atoms with Gasteiger partial charge in [-0.15, -0.1) is 0 Å². The molecule has 0 aliphatic heterocycles. The molecule has 1 amide bonds. The molecule has 2 aromatic carbocycles. The summed E-state index contributed by atoms with van der Waals surface area (Å²) >= 11 is 0. The number of hydrogen-bond acceptors (Lipinski definition) is 1. The van der Waals surface area contributed by atoms with Gasteiger partial charge in [0.05, 0.1) is 6.04 Å². The Labute approximate surface area is 132 Å². The summed E-state index contributed by atoms with van der Waals surface area (Å²) < 4.78 is 0. The first-order chi connectivity index (χ1) is 10.6. The molecule has 114 valence electrons. The number of amides is 1. The third kappa shape index (κ3) is 4.59. The Balaban J connectivity index is 2.00. The second kappa shape index (κ2) is 7.60. The van der Waals surface area contributed by atoms with Crippen LogP contribution in [0.2, 0.25) is 0 Å². The molecular weight excluding hydrogens is 270 g/mol. The fourth-order valence-electron chi connectivity index (χ4n) is 2.29. The Hall–Kier alpha value is -2.35. The van der Waals surface area contributed by atoms with Gasteiger partial charge >= 0.3 is 0 Å². The van der Waals surface area contributed by atoms with Crippen molar-refractivity contribution in [2.45, 2.75) is 33.2 Å². The van der Waals surface area contributed by atoms with Crippen LogP contribution in [0.3, 0.4) is 0 Å².